The van der Waals surface area contributed by atoms with Crippen LogP contribution in [0.2, 0.25) is 0 Å². The van der Waals surface area contributed by atoms with Crippen LogP contribution in [-0.2, 0) is 4.79 Å². The molecule has 22 heavy (non-hydrogen) atoms. The van der Waals surface area contributed by atoms with Gasteiger partial charge in [0.2, 0.25) is 5.91 Å². The first kappa shape index (κ1) is 14.2. The van der Waals surface area contributed by atoms with E-state index in [2.05, 4.69) is 10.3 Å². The van der Waals surface area contributed by atoms with Crippen molar-refractivity contribution in [2.45, 2.75) is 6.92 Å². The minimum atomic E-state index is -0.345. The molecule has 0 atom stereocenters. The summed E-state index contributed by atoms with van der Waals surface area (Å²) in [7, 11) is 0. The van der Waals surface area contributed by atoms with Crippen molar-refractivity contribution in [3.05, 3.63) is 63.5 Å². The molecular formula is C16H12N2O3S. The van der Waals surface area contributed by atoms with Gasteiger partial charge in [0.25, 0.3) is 0 Å². The summed E-state index contributed by atoms with van der Waals surface area (Å²) in [6.45, 7) is 1.91. The smallest absolute Gasteiger partial charge is 0.250 e. The SMILES string of the molecule is Cc1cnc(NC(=O)/C=C/c2coc3ccccc3c2=O)s1. The van der Waals surface area contributed by atoms with Crippen LogP contribution >= 0.6 is 11.3 Å². The lowest BCUT2D eigenvalue weighted by Gasteiger charge is -1.98. The van der Waals surface area contributed by atoms with Gasteiger partial charge in [-0.1, -0.05) is 12.1 Å². The topological polar surface area (TPSA) is 72.2 Å². The van der Waals surface area contributed by atoms with Gasteiger partial charge in [-0.3, -0.25) is 14.9 Å². The van der Waals surface area contributed by atoms with Crippen molar-refractivity contribution in [1.29, 1.82) is 0 Å². The fourth-order valence-corrected chi connectivity index (χ4v) is 2.60. The molecule has 6 heteroatoms. The van der Waals surface area contributed by atoms with Crippen LogP contribution in [-0.4, -0.2) is 10.9 Å². The Morgan fingerprint density at radius 2 is 2.18 bits per heavy atom. The van der Waals surface area contributed by atoms with E-state index in [1.165, 1.54) is 29.8 Å². The molecule has 5 nitrogen and oxygen atoms in total. The van der Waals surface area contributed by atoms with Crippen molar-refractivity contribution in [1.82, 2.24) is 4.98 Å². The summed E-state index contributed by atoms with van der Waals surface area (Å²) >= 11 is 1.39. The number of aromatic nitrogens is 1. The number of nitrogens with one attached hydrogen (secondary N) is 1. The number of nitrogens with zero attached hydrogens (tertiary/aromatic N) is 1. The van der Waals surface area contributed by atoms with E-state index in [9.17, 15) is 9.59 Å². The Morgan fingerprint density at radius 3 is 2.95 bits per heavy atom. The van der Waals surface area contributed by atoms with Gasteiger partial charge in [-0.05, 0) is 25.1 Å². The van der Waals surface area contributed by atoms with Crippen LogP contribution in [0.5, 0.6) is 0 Å². The van der Waals surface area contributed by atoms with E-state index in [1.54, 1.807) is 30.5 Å². The standard InChI is InChI=1S/C16H12N2O3S/c1-10-8-17-16(22-10)18-14(19)7-6-11-9-21-13-5-3-2-4-12(13)15(11)20/h2-9H,1H3,(H,17,18,19)/b7-6+. The molecule has 0 aliphatic carbocycles. The van der Waals surface area contributed by atoms with Crippen LogP contribution in [0, 0.1) is 6.92 Å². The zero-order valence-electron chi connectivity index (χ0n) is 11.7. The zero-order chi connectivity index (χ0) is 15.5. The van der Waals surface area contributed by atoms with Gasteiger partial charge in [0.05, 0.1) is 10.9 Å². The molecule has 0 aliphatic heterocycles. The molecule has 1 N–H and O–H groups in total. The van der Waals surface area contributed by atoms with E-state index in [1.807, 2.05) is 6.92 Å². The molecule has 3 rings (SSSR count). The summed E-state index contributed by atoms with van der Waals surface area (Å²) < 4.78 is 5.38. The highest BCUT2D eigenvalue weighted by atomic mass is 32.1. The number of benzene rings is 1. The van der Waals surface area contributed by atoms with Gasteiger partial charge in [-0.25, -0.2) is 4.98 Å². The fourth-order valence-electron chi connectivity index (χ4n) is 1.93. The van der Waals surface area contributed by atoms with E-state index in [4.69, 9.17) is 4.42 Å². The minimum absolute atomic E-state index is 0.170. The third kappa shape index (κ3) is 2.96. The number of anilines is 1. The van der Waals surface area contributed by atoms with Crippen LogP contribution in [0.1, 0.15) is 10.4 Å². The van der Waals surface area contributed by atoms with Crippen molar-refractivity contribution in [2.24, 2.45) is 0 Å². The molecule has 0 saturated carbocycles. The lowest BCUT2D eigenvalue weighted by atomic mass is 10.1. The second-order valence-corrected chi connectivity index (χ2v) is 5.85. The number of hydrogen-bond acceptors (Lipinski definition) is 5. The molecule has 3 aromatic rings. The van der Waals surface area contributed by atoms with E-state index in [-0.39, 0.29) is 11.3 Å². The first-order chi connectivity index (χ1) is 10.6. The van der Waals surface area contributed by atoms with E-state index in [0.717, 1.165) is 4.88 Å². The number of thiazole rings is 1. The largest absolute Gasteiger partial charge is 0.463 e. The van der Waals surface area contributed by atoms with Crippen LogP contribution in [0.3, 0.4) is 0 Å². The molecule has 0 unspecified atom stereocenters. The number of rotatable bonds is 3. The summed E-state index contributed by atoms with van der Waals surface area (Å²) in [5, 5.41) is 3.65. The Bertz CT molecular complexity index is 924. The maximum absolute atomic E-state index is 12.2. The Labute approximate surface area is 129 Å². The Kier molecular flexibility index (Phi) is 3.84. The number of aryl methyl sites for hydroxylation is 1. The van der Waals surface area contributed by atoms with Crippen LogP contribution in [0.25, 0.3) is 17.0 Å². The molecule has 0 bridgehead atoms. The summed E-state index contributed by atoms with van der Waals surface area (Å²) in [5.74, 6) is -0.345. The number of hydrogen-bond donors (Lipinski definition) is 1. The second kappa shape index (κ2) is 5.95. The maximum Gasteiger partial charge on any atom is 0.250 e. The number of fused-ring (bicyclic) bond motifs is 1. The molecule has 2 aromatic heterocycles. The van der Waals surface area contributed by atoms with E-state index in [0.29, 0.717) is 21.7 Å². The Hall–Kier alpha value is -2.73. The van der Waals surface area contributed by atoms with Crippen molar-refractivity contribution in [3.8, 4) is 0 Å². The number of carbonyl (C=O) groups is 1. The first-order valence-electron chi connectivity index (χ1n) is 6.55. The fraction of sp³-hybridized carbons (Fsp3) is 0.0625. The zero-order valence-corrected chi connectivity index (χ0v) is 12.5. The monoisotopic (exact) mass is 312 g/mol. The van der Waals surface area contributed by atoms with Crippen LogP contribution in [0.15, 0.2) is 52.0 Å². The third-order valence-electron chi connectivity index (χ3n) is 2.97. The number of para-hydroxylation sites is 1. The quantitative estimate of drug-likeness (QED) is 0.754. The van der Waals surface area contributed by atoms with Crippen LogP contribution < -0.4 is 10.7 Å². The van der Waals surface area contributed by atoms with Gasteiger partial charge in [-0.2, -0.15) is 0 Å². The average Bonchev–Trinajstić information content (AvgIpc) is 2.92. The van der Waals surface area contributed by atoms with Crippen molar-refractivity contribution in [3.63, 3.8) is 0 Å². The van der Waals surface area contributed by atoms with Crippen molar-refractivity contribution < 1.29 is 9.21 Å². The summed E-state index contributed by atoms with van der Waals surface area (Å²) in [4.78, 5) is 29.1. The summed E-state index contributed by atoms with van der Waals surface area (Å²) in [6.07, 6.45) is 5.76. The molecule has 0 saturated heterocycles. The van der Waals surface area contributed by atoms with Gasteiger partial charge in [0.15, 0.2) is 10.6 Å². The summed E-state index contributed by atoms with van der Waals surface area (Å²) in [5.41, 5.74) is 0.674. The van der Waals surface area contributed by atoms with Crippen LogP contribution in [0.4, 0.5) is 5.13 Å². The molecule has 0 aliphatic rings. The van der Waals surface area contributed by atoms with Gasteiger partial charge in [0, 0.05) is 17.2 Å². The molecule has 1 aromatic carbocycles. The maximum atomic E-state index is 12.2. The lowest BCUT2D eigenvalue weighted by molar-refractivity contribution is -0.111. The lowest BCUT2D eigenvalue weighted by Crippen LogP contribution is -2.09. The molecular weight excluding hydrogens is 300 g/mol. The van der Waals surface area contributed by atoms with Gasteiger partial charge < -0.3 is 4.42 Å². The van der Waals surface area contributed by atoms with E-state index >= 15 is 0 Å². The normalized spacial score (nSPS) is 11.1. The summed E-state index contributed by atoms with van der Waals surface area (Å²) in [6, 6.07) is 6.98. The highest BCUT2D eigenvalue weighted by Gasteiger charge is 2.05. The first-order valence-corrected chi connectivity index (χ1v) is 7.37. The molecule has 2 heterocycles. The van der Waals surface area contributed by atoms with Crippen molar-refractivity contribution >= 4 is 39.4 Å². The van der Waals surface area contributed by atoms with Gasteiger partial charge >= 0.3 is 0 Å². The number of carbonyl (C=O) groups excluding carboxylic acids is 1. The predicted octanol–water partition coefficient (Wildman–Crippen LogP) is 3.21. The minimum Gasteiger partial charge on any atom is -0.463 e. The Morgan fingerprint density at radius 1 is 1.36 bits per heavy atom. The molecule has 110 valence electrons. The number of amides is 1. The van der Waals surface area contributed by atoms with Gasteiger partial charge in [0.1, 0.15) is 11.8 Å². The molecule has 0 fully saturated rings. The second-order valence-electron chi connectivity index (χ2n) is 4.61. The molecule has 1 amide bonds. The molecule has 0 spiro atoms. The average molecular weight is 312 g/mol. The van der Waals surface area contributed by atoms with Gasteiger partial charge in [-0.15, -0.1) is 11.3 Å². The highest BCUT2D eigenvalue weighted by molar-refractivity contribution is 7.15. The molecule has 0 radical (unpaired) electrons. The van der Waals surface area contributed by atoms with Crippen molar-refractivity contribution in [2.75, 3.05) is 5.32 Å². The Balaban J connectivity index is 1.82. The highest BCUT2D eigenvalue weighted by Crippen LogP contribution is 2.16. The third-order valence-corrected chi connectivity index (χ3v) is 3.80. The predicted molar refractivity (Wildman–Crippen MR) is 87.0 cm³/mol. The van der Waals surface area contributed by atoms with E-state index < -0.39 is 0 Å².